The van der Waals surface area contributed by atoms with Crippen LogP contribution in [0.1, 0.15) is 39.5 Å². The van der Waals surface area contributed by atoms with Gasteiger partial charge in [0.1, 0.15) is 0 Å². The van der Waals surface area contributed by atoms with Gasteiger partial charge >= 0.3 is 0 Å². The predicted octanol–water partition coefficient (Wildman–Crippen LogP) is 2.83. The van der Waals surface area contributed by atoms with E-state index in [1.54, 1.807) is 19.3 Å². The zero-order valence-electron chi connectivity index (χ0n) is 6.98. The van der Waals surface area contributed by atoms with Gasteiger partial charge in [0, 0.05) is 0 Å². The minimum atomic E-state index is 0.839. The maximum Gasteiger partial charge on any atom is -0.0202 e. The largest absolute Gasteiger partial charge is 0.0619 e. The summed E-state index contributed by atoms with van der Waals surface area (Å²) >= 11 is 0. The third-order valence-corrected chi connectivity index (χ3v) is 5.19. The summed E-state index contributed by atoms with van der Waals surface area (Å²) in [5, 5.41) is 0. The molecule has 0 radical (unpaired) electrons. The SMILES string of the molecule is CC1CC23CCCC2C13C. The van der Waals surface area contributed by atoms with Gasteiger partial charge in [-0.25, -0.2) is 0 Å². The number of fused-ring (bicyclic) bond motifs is 1. The Labute approximate surface area is 63.0 Å². The molecule has 0 aliphatic heterocycles. The quantitative estimate of drug-likeness (QED) is 0.480. The Morgan fingerprint density at radius 2 is 2.20 bits per heavy atom. The first-order chi connectivity index (χ1) is 4.72. The van der Waals surface area contributed by atoms with E-state index in [0.29, 0.717) is 0 Å². The second kappa shape index (κ2) is 1.19. The first-order valence-corrected chi connectivity index (χ1v) is 4.72. The fourth-order valence-corrected chi connectivity index (χ4v) is 4.47. The van der Waals surface area contributed by atoms with E-state index in [0.717, 1.165) is 22.7 Å². The zero-order valence-corrected chi connectivity index (χ0v) is 6.98. The molecule has 0 bridgehead atoms. The van der Waals surface area contributed by atoms with Crippen molar-refractivity contribution in [1.29, 1.82) is 0 Å². The summed E-state index contributed by atoms with van der Waals surface area (Å²) in [7, 11) is 0. The monoisotopic (exact) mass is 136 g/mol. The highest BCUT2D eigenvalue weighted by atomic mass is 14.9. The van der Waals surface area contributed by atoms with Crippen LogP contribution in [-0.4, -0.2) is 0 Å². The van der Waals surface area contributed by atoms with E-state index in [2.05, 4.69) is 13.8 Å². The summed E-state index contributed by atoms with van der Waals surface area (Å²) in [5.41, 5.74) is 1.75. The maximum atomic E-state index is 2.53. The molecule has 10 heavy (non-hydrogen) atoms. The van der Waals surface area contributed by atoms with Crippen LogP contribution in [-0.2, 0) is 0 Å². The topological polar surface area (TPSA) is 0 Å². The minimum absolute atomic E-state index is 0.839. The molecule has 3 aliphatic carbocycles. The Hall–Kier alpha value is 0. The Bertz CT molecular complexity index is 192. The van der Waals surface area contributed by atoms with Crippen molar-refractivity contribution in [2.75, 3.05) is 0 Å². The average Bonchev–Trinajstić information content (AvgIpc) is 2.37. The van der Waals surface area contributed by atoms with E-state index in [4.69, 9.17) is 0 Å². The molecule has 3 fully saturated rings. The van der Waals surface area contributed by atoms with Gasteiger partial charge < -0.3 is 0 Å². The van der Waals surface area contributed by atoms with Crippen molar-refractivity contribution in [1.82, 2.24) is 0 Å². The van der Waals surface area contributed by atoms with Crippen molar-refractivity contribution >= 4 is 0 Å². The summed E-state index contributed by atoms with van der Waals surface area (Å²) in [6.07, 6.45) is 6.22. The Balaban J connectivity index is 2.00. The third-order valence-electron chi connectivity index (χ3n) is 5.19. The van der Waals surface area contributed by atoms with Crippen LogP contribution >= 0.6 is 0 Å². The van der Waals surface area contributed by atoms with Crippen LogP contribution in [0.15, 0.2) is 0 Å². The molecular weight excluding hydrogens is 120 g/mol. The highest BCUT2D eigenvalue weighted by Crippen LogP contribution is 2.89. The predicted molar refractivity (Wildman–Crippen MR) is 41.7 cm³/mol. The molecule has 0 aromatic carbocycles. The highest BCUT2D eigenvalue weighted by Gasteiger charge is 2.82. The van der Waals surface area contributed by atoms with Gasteiger partial charge in [0.25, 0.3) is 0 Å². The van der Waals surface area contributed by atoms with E-state index in [9.17, 15) is 0 Å². The normalized spacial score (nSPS) is 70.2. The van der Waals surface area contributed by atoms with E-state index >= 15 is 0 Å². The van der Waals surface area contributed by atoms with Gasteiger partial charge in [0.2, 0.25) is 0 Å². The molecule has 56 valence electrons. The lowest BCUT2D eigenvalue weighted by molar-refractivity contribution is 0.0915. The second-order valence-electron chi connectivity index (χ2n) is 4.99. The van der Waals surface area contributed by atoms with Crippen molar-refractivity contribution in [3.8, 4) is 0 Å². The van der Waals surface area contributed by atoms with E-state index in [1.807, 2.05) is 0 Å². The Morgan fingerprint density at radius 3 is 2.70 bits per heavy atom. The van der Waals surface area contributed by atoms with Gasteiger partial charge in [-0.05, 0) is 41.9 Å². The van der Waals surface area contributed by atoms with Crippen LogP contribution in [0, 0.1) is 22.7 Å². The molecule has 0 nitrogen and oxygen atoms in total. The molecule has 0 N–H and O–H groups in total. The molecule has 0 amide bonds. The number of hydrogen-bond acceptors (Lipinski definition) is 0. The zero-order chi connectivity index (χ0) is 6.98. The lowest BCUT2D eigenvalue weighted by atomic mass is 9.65. The molecule has 1 spiro atoms. The van der Waals surface area contributed by atoms with E-state index < -0.39 is 0 Å². The second-order valence-corrected chi connectivity index (χ2v) is 4.99. The summed E-state index contributed by atoms with van der Waals surface area (Å²) in [5.74, 6) is 2.22. The van der Waals surface area contributed by atoms with Crippen molar-refractivity contribution < 1.29 is 0 Å². The average molecular weight is 136 g/mol. The van der Waals surface area contributed by atoms with E-state index in [1.165, 1.54) is 6.42 Å². The maximum absolute atomic E-state index is 2.53. The Morgan fingerprint density at radius 1 is 1.40 bits per heavy atom. The fourth-order valence-electron chi connectivity index (χ4n) is 4.47. The molecule has 3 aliphatic rings. The molecule has 3 saturated carbocycles. The third kappa shape index (κ3) is 0.286. The van der Waals surface area contributed by atoms with Gasteiger partial charge in [-0.1, -0.05) is 20.3 Å². The molecule has 0 heteroatoms. The van der Waals surface area contributed by atoms with Crippen LogP contribution < -0.4 is 0 Å². The van der Waals surface area contributed by atoms with Crippen molar-refractivity contribution in [2.45, 2.75) is 39.5 Å². The molecular formula is C10H16. The summed E-state index contributed by atoms with van der Waals surface area (Å²) in [6.45, 7) is 4.98. The summed E-state index contributed by atoms with van der Waals surface area (Å²) in [6, 6.07) is 0. The molecule has 4 unspecified atom stereocenters. The van der Waals surface area contributed by atoms with Gasteiger partial charge in [0.15, 0.2) is 0 Å². The van der Waals surface area contributed by atoms with Crippen molar-refractivity contribution in [3.05, 3.63) is 0 Å². The van der Waals surface area contributed by atoms with Crippen LogP contribution in [0.25, 0.3) is 0 Å². The van der Waals surface area contributed by atoms with Crippen LogP contribution in [0.5, 0.6) is 0 Å². The molecule has 3 rings (SSSR count). The summed E-state index contributed by atoms with van der Waals surface area (Å²) < 4.78 is 0. The standard InChI is InChI=1S/C10H16/c1-7-6-10-5-3-4-8(10)9(7,10)2/h7-8H,3-6H2,1-2H3. The lowest BCUT2D eigenvalue weighted by Gasteiger charge is -2.40. The number of hydrogen-bond donors (Lipinski definition) is 0. The lowest BCUT2D eigenvalue weighted by Crippen LogP contribution is -2.32. The first-order valence-electron chi connectivity index (χ1n) is 4.72. The highest BCUT2D eigenvalue weighted by molar-refractivity contribution is 5.30. The van der Waals surface area contributed by atoms with Gasteiger partial charge in [0.05, 0.1) is 0 Å². The van der Waals surface area contributed by atoms with Crippen molar-refractivity contribution in [3.63, 3.8) is 0 Å². The summed E-state index contributed by atoms with van der Waals surface area (Å²) in [4.78, 5) is 0. The van der Waals surface area contributed by atoms with Crippen LogP contribution in [0.4, 0.5) is 0 Å². The van der Waals surface area contributed by atoms with Gasteiger partial charge in [-0.15, -0.1) is 0 Å². The molecule has 0 aromatic heterocycles. The molecule has 0 saturated heterocycles. The first kappa shape index (κ1) is 5.62. The number of rotatable bonds is 0. The minimum Gasteiger partial charge on any atom is -0.0619 e. The van der Waals surface area contributed by atoms with E-state index in [-0.39, 0.29) is 0 Å². The van der Waals surface area contributed by atoms with Crippen LogP contribution in [0.3, 0.4) is 0 Å². The fraction of sp³-hybridized carbons (Fsp3) is 1.00. The van der Waals surface area contributed by atoms with Crippen molar-refractivity contribution in [2.24, 2.45) is 22.7 Å². The van der Waals surface area contributed by atoms with Crippen LogP contribution in [0.2, 0.25) is 0 Å². The smallest absolute Gasteiger partial charge is 0.0202 e. The molecule has 0 aromatic rings. The van der Waals surface area contributed by atoms with Gasteiger partial charge in [-0.2, -0.15) is 0 Å². The molecule has 4 atom stereocenters. The van der Waals surface area contributed by atoms with Gasteiger partial charge in [-0.3, -0.25) is 0 Å². The Kier molecular flexibility index (Phi) is 0.669. The molecule has 0 heterocycles.